The number of hydrogen-bond acceptors (Lipinski definition) is 6. The molecule has 2 heterocycles. The van der Waals surface area contributed by atoms with Gasteiger partial charge in [0.15, 0.2) is 5.82 Å². The molecule has 25 heavy (non-hydrogen) atoms. The maximum absolute atomic E-state index is 12.6. The predicted octanol–water partition coefficient (Wildman–Crippen LogP) is 1.77. The van der Waals surface area contributed by atoms with Crippen LogP contribution in [0.1, 0.15) is 25.6 Å². The van der Waals surface area contributed by atoms with Gasteiger partial charge in [-0.05, 0) is 18.1 Å². The SMILES string of the molecule is CC(C)Cc1nc(CN2CCN(S(=O)(=O)c3ccccc3)CC2)no1. The third-order valence-corrected chi connectivity index (χ3v) is 6.08. The summed E-state index contributed by atoms with van der Waals surface area (Å²) in [5, 5.41) is 4.02. The minimum Gasteiger partial charge on any atom is -0.339 e. The molecule has 8 heteroatoms. The third kappa shape index (κ3) is 4.45. The van der Waals surface area contributed by atoms with Crippen molar-refractivity contribution in [2.45, 2.75) is 31.7 Å². The van der Waals surface area contributed by atoms with Crippen LogP contribution < -0.4 is 0 Å². The van der Waals surface area contributed by atoms with Crippen molar-refractivity contribution in [1.29, 1.82) is 0 Å². The zero-order valence-corrected chi connectivity index (χ0v) is 15.4. The first-order chi connectivity index (χ1) is 11.9. The second-order valence-electron chi connectivity index (χ2n) is 6.70. The monoisotopic (exact) mass is 364 g/mol. The molecule has 1 fully saturated rings. The van der Waals surface area contributed by atoms with E-state index in [0.29, 0.717) is 55.3 Å². The van der Waals surface area contributed by atoms with E-state index >= 15 is 0 Å². The van der Waals surface area contributed by atoms with Crippen molar-refractivity contribution in [2.24, 2.45) is 5.92 Å². The summed E-state index contributed by atoms with van der Waals surface area (Å²) in [7, 11) is -3.41. The first-order valence-corrected chi connectivity index (χ1v) is 9.98. The van der Waals surface area contributed by atoms with Gasteiger partial charge < -0.3 is 4.52 Å². The van der Waals surface area contributed by atoms with Crippen LogP contribution in [-0.2, 0) is 23.0 Å². The first-order valence-electron chi connectivity index (χ1n) is 8.54. The van der Waals surface area contributed by atoms with Crippen LogP contribution in [0.25, 0.3) is 0 Å². The molecule has 1 aromatic heterocycles. The number of aromatic nitrogens is 2. The van der Waals surface area contributed by atoms with Gasteiger partial charge in [0, 0.05) is 32.6 Å². The van der Waals surface area contributed by atoms with E-state index in [9.17, 15) is 8.42 Å². The van der Waals surface area contributed by atoms with E-state index in [1.54, 1.807) is 28.6 Å². The summed E-state index contributed by atoms with van der Waals surface area (Å²) in [6, 6.07) is 8.58. The Morgan fingerprint density at radius 3 is 2.44 bits per heavy atom. The average Bonchev–Trinajstić information content (AvgIpc) is 3.02. The van der Waals surface area contributed by atoms with Crippen LogP contribution in [0.15, 0.2) is 39.8 Å². The Bertz CT molecular complexity index is 781. The van der Waals surface area contributed by atoms with E-state index in [-0.39, 0.29) is 0 Å². The highest BCUT2D eigenvalue weighted by Gasteiger charge is 2.28. The van der Waals surface area contributed by atoms with Crippen molar-refractivity contribution in [3.05, 3.63) is 42.0 Å². The molecular formula is C17H24N4O3S. The van der Waals surface area contributed by atoms with Crippen LogP contribution in [0.4, 0.5) is 0 Å². The van der Waals surface area contributed by atoms with Gasteiger partial charge in [0.1, 0.15) is 0 Å². The van der Waals surface area contributed by atoms with Gasteiger partial charge in [-0.25, -0.2) is 8.42 Å². The Balaban J connectivity index is 1.56. The third-order valence-electron chi connectivity index (χ3n) is 4.17. The average molecular weight is 364 g/mol. The van der Waals surface area contributed by atoms with Crippen LogP contribution >= 0.6 is 0 Å². The quantitative estimate of drug-likeness (QED) is 0.777. The molecule has 7 nitrogen and oxygen atoms in total. The highest BCUT2D eigenvalue weighted by molar-refractivity contribution is 7.89. The molecule has 1 aliphatic heterocycles. The lowest BCUT2D eigenvalue weighted by molar-refractivity contribution is 0.176. The molecule has 0 atom stereocenters. The molecule has 0 spiro atoms. The molecule has 0 N–H and O–H groups in total. The van der Waals surface area contributed by atoms with E-state index in [2.05, 4.69) is 28.9 Å². The summed E-state index contributed by atoms with van der Waals surface area (Å²) in [5.74, 6) is 1.80. The van der Waals surface area contributed by atoms with Crippen molar-refractivity contribution < 1.29 is 12.9 Å². The summed E-state index contributed by atoms with van der Waals surface area (Å²) < 4.78 is 32.0. The number of rotatable bonds is 6. The Labute approximate surface area is 148 Å². The van der Waals surface area contributed by atoms with Crippen molar-refractivity contribution in [1.82, 2.24) is 19.3 Å². The highest BCUT2D eigenvalue weighted by atomic mass is 32.2. The summed E-state index contributed by atoms with van der Waals surface area (Å²) in [5.41, 5.74) is 0. The minimum absolute atomic E-state index is 0.347. The molecule has 0 radical (unpaired) electrons. The summed E-state index contributed by atoms with van der Waals surface area (Å²) in [6.07, 6.45) is 0.774. The zero-order valence-electron chi connectivity index (χ0n) is 14.6. The number of sulfonamides is 1. The summed E-state index contributed by atoms with van der Waals surface area (Å²) >= 11 is 0. The summed E-state index contributed by atoms with van der Waals surface area (Å²) in [4.78, 5) is 6.91. The van der Waals surface area contributed by atoms with Gasteiger partial charge in [-0.2, -0.15) is 9.29 Å². The molecule has 0 bridgehead atoms. The van der Waals surface area contributed by atoms with Crippen LogP contribution in [0, 0.1) is 5.92 Å². The molecule has 0 unspecified atom stereocenters. The largest absolute Gasteiger partial charge is 0.339 e. The number of piperazine rings is 1. The Morgan fingerprint density at radius 1 is 1.12 bits per heavy atom. The molecule has 0 aliphatic carbocycles. The molecule has 1 aliphatic rings. The maximum Gasteiger partial charge on any atom is 0.243 e. The predicted molar refractivity (Wildman–Crippen MR) is 93.3 cm³/mol. The fraction of sp³-hybridized carbons (Fsp3) is 0.529. The van der Waals surface area contributed by atoms with E-state index < -0.39 is 10.0 Å². The van der Waals surface area contributed by atoms with E-state index in [4.69, 9.17) is 4.52 Å². The number of benzene rings is 1. The lowest BCUT2D eigenvalue weighted by atomic mass is 10.1. The fourth-order valence-electron chi connectivity index (χ4n) is 2.86. The van der Waals surface area contributed by atoms with E-state index in [1.165, 1.54) is 0 Å². The van der Waals surface area contributed by atoms with E-state index in [1.807, 2.05) is 6.07 Å². The van der Waals surface area contributed by atoms with Crippen LogP contribution in [0.3, 0.4) is 0 Å². The minimum atomic E-state index is -3.41. The molecule has 1 saturated heterocycles. The van der Waals surface area contributed by atoms with Gasteiger partial charge in [0.25, 0.3) is 0 Å². The summed E-state index contributed by atoms with van der Waals surface area (Å²) in [6.45, 7) is 7.04. The second-order valence-corrected chi connectivity index (χ2v) is 8.63. The number of nitrogens with zero attached hydrogens (tertiary/aromatic N) is 4. The van der Waals surface area contributed by atoms with Gasteiger partial charge in [-0.15, -0.1) is 0 Å². The maximum atomic E-state index is 12.6. The van der Waals surface area contributed by atoms with Gasteiger partial charge in [-0.1, -0.05) is 37.2 Å². The van der Waals surface area contributed by atoms with Gasteiger partial charge in [0.2, 0.25) is 15.9 Å². The molecular weight excluding hydrogens is 340 g/mol. The van der Waals surface area contributed by atoms with Crippen molar-refractivity contribution in [2.75, 3.05) is 26.2 Å². The fourth-order valence-corrected chi connectivity index (χ4v) is 4.30. The Morgan fingerprint density at radius 2 is 1.80 bits per heavy atom. The first kappa shape index (κ1) is 18.0. The molecule has 0 amide bonds. The van der Waals surface area contributed by atoms with Crippen LogP contribution in [0.2, 0.25) is 0 Å². The molecule has 136 valence electrons. The van der Waals surface area contributed by atoms with Crippen LogP contribution in [-0.4, -0.2) is 53.9 Å². The van der Waals surface area contributed by atoms with Crippen LogP contribution in [0.5, 0.6) is 0 Å². The second kappa shape index (κ2) is 7.63. The van der Waals surface area contributed by atoms with Gasteiger partial charge >= 0.3 is 0 Å². The lowest BCUT2D eigenvalue weighted by Gasteiger charge is -2.33. The molecule has 0 saturated carbocycles. The molecule has 3 rings (SSSR count). The highest BCUT2D eigenvalue weighted by Crippen LogP contribution is 2.18. The van der Waals surface area contributed by atoms with E-state index in [0.717, 1.165) is 6.42 Å². The smallest absolute Gasteiger partial charge is 0.243 e. The van der Waals surface area contributed by atoms with Crippen molar-refractivity contribution in [3.8, 4) is 0 Å². The topological polar surface area (TPSA) is 79.5 Å². The van der Waals surface area contributed by atoms with Crippen molar-refractivity contribution >= 4 is 10.0 Å². The van der Waals surface area contributed by atoms with Gasteiger partial charge in [0.05, 0.1) is 11.4 Å². The standard InChI is InChI=1S/C17H24N4O3S/c1-14(2)12-17-18-16(19-24-17)13-20-8-10-21(11-9-20)25(22,23)15-6-4-3-5-7-15/h3-7,14H,8-13H2,1-2H3. The molecule has 1 aromatic carbocycles. The Kier molecular flexibility index (Phi) is 5.51. The van der Waals surface area contributed by atoms with Crippen molar-refractivity contribution in [3.63, 3.8) is 0 Å². The molecule has 2 aromatic rings. The van der Waals surface area contributed by atoms with Gasteiger partial charge in [-0.3, -0.25) is 4.90 Å². The zero-order chi connectivity index (χ0) is 17.9. The lowest BCUT2D eigenvalue weighted by Crippen LogP contribution is -2.48. The number of hydrogen-bond donors (Lipinski definition) is 0. The Hall–Kier alpha value is -1.77. The normalized spacial score (nSPS) is 17.2.